The summed E-state index contributed by atoms with van der Waals surface area (Å²) in [6.45, 7) is 5.15. The number of hydrogen-bond acceptors (Lipinski definition) is 4. The lowest BCUT2D eigenvalue weighted by atomic mass is 10.0. The van der Waals surface area contributed by atoms with Crippen molar-refractivity contribution >= 4 is 5.91 Å². The molecule has 2 heterocycles. The van der Waals surface area contributed by atoms with Gasteiger partial charge in [0.2, 0.25) is 0 Å². The van der Waals surface area contributed by atoms with Crippen molar-refractivity contribution in [3.8, 4) is 0 Å². The van der Waals surface area contributed by atoms with E-state index in [0.717, 1.165) is 32.5 Å². The van der Waals surface area contributed by atoms with Crippen molar-refractivity contribution < 1.29 is 4.79 Å². The molecule has 1 saturated heterocycles. The molecule has 1 fully saturated rings. The third-order valence-electron chi connectivity index (χ3n) is 4.39. The van der Waals surface area contributed by atoms with E-state index in [9.17, 15) is 4.79 Å². The lowest BCUT2D eigenvalue weighted by Crippen LogP contribution is -2.44. The van der Waals surface area contributed by atoms with Gasteiger partial charge in [0.05, 0.1) is 0 Å². The molecule has 1 aromatic heterocycles. The minimum Gasteiger partial charge on any atom is -0.348 e. The maximum Gasteiger partial charge on any atom is 0.270 e. The normalized spacial score (nSPS) is 16.2. The first-order chi connectivity index (χ1) is 11.2. The van der Waals surface area contributed by atoms with Crippen LogP contribution in [-0.2, 0) is 6.54 Å². The number of aromatic nitrogens is 2. The molecule has 1 aromatic carbocycles. The lowest BCUT2D eigenvalue weighted by molar-refractivity contribution is 0.0903. The van der Waals surface area contributed by atoms with Crippen LogP contribution in [0.15, 0.2) is 42.9 Å². The van der Waals surface area contributed by atoms with Crippen molar-refractivity contribution in [1.29, 1.82) is 0 Å². The highest BCUT2D eigenvalue weighted by molar-refractivity contribution is 5.92. The van der Waals surface area contributed by atoms with Gasteiger partial charge in [-0.1, -0.05) is 24.3 Å². The molecule has 1 amide bonds. The summed E-state index contributed by atoms with van der Waals surface area (Å²) in [4.78, 5) is 22.4. The standard InChI is InChI=1S/C18H22N4O/c1-14-4-2-3-5-15(14)12-22-10-7-16(8-11-22)21-18(23)17-6-9-19-13-20-17/h2-6,9,13,16H,7-8,10-12H2,1H3,(H,21,23). The summed E-state index contributed by atoms with van der Waals surface area (Å²) in [5.41, 5.74) is 3.16. The number of nitrogens with zero attached hydrogens (tertiary/aromatic N) is 3. The van der Waals surface area contributed by atoms with E-state index in [-0.39, 0.29) is 11.9 Å². The Hall–Kier alpha value is -2.27. The summed E-state index contributed by atoms with van der Waals surface area (Å²) in [5.74, 6) is -0.107. The van der Waals surface area contributed by atoms with Crippen molar-refractivity contribution in [1.82, 2.24) is 20.2 Å². The van der Waals surface area contributed by atoms with Crippen LogP contribution in [-0.4, -0.2) is 39.9 Å². The minimum absolute atomic E-state index is 0.107. The fourth-order valence-corrected chi connectivity index (χ4v) is 2.95. The van der Waals surface area contributed by atoms with Gasteiger partial charge < -0.3 is 5.32 Å². The lowest BCUT2D eigenvalue weighted by Gasteiger charge is -2.32. The molecule has 0 saturated carbocycles. The maximum atomic E-state index is 12.1. The van der Waals surface area contributed by atoms with Crippen LogP contribution in [0, 0.1) is 6.92 Å². The fourth-order valence-electron chi connectivity index (χ4n) is 2.95. The second-order valence-corrected chi connectivity index (χ2v) is 6.04. The Labute approximate surface area is 136 Å². The van der Waals surface area contributed by atoms with E-state index in [1.165, 1.54) is 17.5 Å². The average Bonchev–Trinajstić information content (AvgIpc) is 2.59. The molecule has 0 bridgehead atoms. The molecule has 5 nitrogen and oxygen atoms in total. The second-order valence-electron chi connectivity index (χ2n) is 6.04. The monoisotopic (exact) mass is 310 g/mol. The van der Waals surface area contributed by atoms with Crippen molar-refractivity contribution in [2.75, 3.05) is 13.1 Å². The van der Waals surface area contributed by atoms with E-state index in [4.69, 9.17) is 0 Å². The van der Waals surface area contributed by atoms with Gasteiger partial charge in [-0.25, -0.2) is 9.97 Å². The third kappa shape index (κ3) is 4.13. The topological polar surface area (TPSA) is 58.1 Å². The Kier molecular flexibility index (Phi) is 4.98. The number of carbonyl (C=O) groups is 1. The molecular weight excluding hydrogens is 288 g/mol. The van der Waals surface area contributed by atoms with Gasteiger partial charge in [0, 0.05) is 31.9 Å². The largest absolute Gasteiger partial charge is 0.348 e. The number of carbonyl (C=O) groups excluding carboxylic acids is 1. The number of benzene rings is 1. The molecule has 0 spiro atoms. The van der Waals surface area contributed by atoms with Crippen LogP contribution in [0.25, 0.3) is 0 Å². The highest BCUT2D eigenvalue weighted by Gasteiger charge is 2.21. The smallest absolute Gasteiger partial charge is 0.270 e. The summed E-state index contributed by atoms with van der Waals surface area (Å²) in [5, 5.41) is 3.08. The van der Waals surface area contributed by atoms with Crippen LogP contribution < -0.4 is 5.32 Å². The zero-order valence-electron chi connectivity index (χ0n) is 13.4. The quantitative estimate of drug-likeness (QED) is 0.940. The van der Waals surface area contributed by atoms with Crippen LogP contribution >= 0.6 is 0 Å². The van der Waals surface area contributed by atoms with E-state index in [1.807, 2.05) is 0 Å². The fraction of sp³-hybridized carbons (Fsp3) is 0.389. The van der Waals surface area contributed by atoms with Gasteiger partial charge in [0.25, 0.3) is 5.91 Å². The molecule has 0 unspecified atom stereocenters. The van der Waals surface area contributed by atoms with E-state index in [2.05, 4.69) is 51.4 Å². The number of likely N-dealkylation sites (tertiary alicyclic amines) is 1. The highest BCUT2D eigenvalue weighted by Crippen LogP contribution is 2.16. The Morgan fingerprint density at radius 2 is 2.04 bits per heavy atom. The number of rotatable bonds is 4. The van der Waals surface area contributed by atoms with E-state index in [0.29, 0.717) is 5.69 Å². The molecule has 5 heteroatoms. The zero-order chi connectivity index (χ0) is 16.1. The Morgan fingerprint density at radius 1 is 1.26 bits per heavy atom. The van der Waals surface area contributed by atoms with Crippen LogP contribution in [0.4, 0.5) is 0 Å². The Morgan fingerprint density at radius 3 is 2.74 bits per heavy atom. The molecular formula is C18H22N4O. The van der Waals surface area contributed by atoms with Crippen LogP contribution in [0.2, 0.25) is 0 Å². The molecule has 1 aliphatic rings. The molecule has 0 aliphatic carbocycles. The summed E-state index contributed by atoms with van der Waals surface area (Å²) in [7, 11) is 0. The van der Waals surface area contributed by atoms with Gasteiger partial charge >= 0.3 is 0 Å². The van der Waals surface area contributed by atoms with Crippen LogP contribution in [0.5, 0.6) is 0 Å². The predicted molar refractivity (Wildman–Crippen MR) is 89.0 cm³/mol. The zero-order valence-corrected chi connectivity index (χ0v) is 13.4. The first-order valence-electron chi connectivity index (χ1n) is 8.06. The van der Waals surface area contributed by atoms with Crippen molar-refractivity contribution in [3.63, 3.8) is 0 Å². The van der Waals surface area contributed by atoms with Crippen LogP contribution in [0.1, 0.15) is 34.5 Å². The van der Waals surface area contributed by atoms with Gasteiger partial charge in [-0.15, -0.1) is 0 Å². The Balaban J connectivity index is 1.49. The SMILES string of the molecule is Cc1ccccc1CN1CCC(NC(=O)c2ccncn2)CC1. The van der Waals surface area contributed by atoms with Gasteiger partial charge in [0.15, 0.2) is 0 Å². The molecule has 2 aromatic rings. The predicted octanol–water partition coefficient (Wildman–Crippen LogP) is 2.18. The first-order valence-corrected chi connectivity index (χ1v) is 8.06. The highest BCUT2D eigenvalue weighted by atomic mass is 16.1. The van der Waals surface area contributed by atoms with Gasteiger partial charge in [-0.3, -0.25) is 9.69 Å². The molecule has 23 heavy (non-hydrogen) atoms. The maximum absolute atomic E-state index is 12.1. The minimum atomic E-state index is -0.107. The first kappa shape index (κ1) is 15.6. The average molecular weight is 310 g/mol. The molecule has 1 N–H and O–H groups in total. The van der Waals surface area contributed by atoms with Crippen molar-refractivity contribution in [2.24, 2.45) is 0 Å². The number of nitrogens with one attached hydrogen (secondary N) is 1. The summed E-state index contributed by atoms with van der Waals surface area (Å²) < 4.78 is 0. The second kappa shape index (κ2) is 7.33. The van der Waals surface area contributed by atoms with Gasteiger partial charge in [-0.2, -0.15) is 0 Å². The third-order valence-corrected chi connectivity index (χ3v) is 4.39. The molecule has 0 atom stereocenters. The van der Waals surface area contributed by atoms with Crippen molar-refractivity contribution in [3.05, 3.63) is 59.7 Å². The summed E-state index contributed by atoms with van der Waals surface area (Å²) in [6, 6.07) is 10.4. The summed E-state index contributed by atoms with van der Waals surface area (Å²) in [6.07, 6.45) is 4.94. The van der Waals surface area contributed by atoms with E-state index in [1.54, 1.807) is 12.3 Å². The molecule has 120 valence electrons. The summed E-state index contributed by atoms with van der Waals surface area (Å²) >= 11 is 0. The van der Waals surface area contributed by atoms with Gasteiger partial charge in [-0.05, 0) is 37.0 Å². The molecule has 3 rings (SSSR count). The molecule has 0 radical (unpaired) electrons. The van der Waals surface area contributed by atoms with E-state index >= 15 is 0 Å². The van der Waals surface area contributed by atoms with E-state index < -0.39 is 0 Å². The Bertz CT molecular complexity index is 651. The van der Waals surface area contributed by atoms with Gasteiger partial charge in [0.1, 0.15) is 12.0 Å². The van der Waals surface area contributed by atoms with Crippen molar-refractivity contribution in [2.45, 2.75) is 32.4 Å². The molecule has 1 aliphatic heterocycles. The van der Waals surface area contributed by atoms with Crippen LogP contribution in [0.3, 0.4) is 0 Å². The number of piperidine rings is 1. The number of amides is 1. The number of hydrogen-bond donors (Lipinski definition) is 1. The number of aryl methyl sites for hydroxylation is 1.